The Hall–Kier alpha value is -0.0500. The van der Waals surface area contributed by atoms with E-state index in [1.54, 1.807) is 11.3 Å². The molecule has 0 spiro atoms. The standard InChI is InChI=1S/C12H17ClOS/c13-6-2-1-4-9-8-10(9)12(14)11-5-3-7-15-11/h3,5,7,9-10,12,14H,1-2,4,6,8H2/t9-,10+,12?/m0/s1. The van der Waals surface area contributed by atoms with Crippen molar-refractivity contribution >= 4 is 22.9 Å². The Morgan fingerprint density at radius 1 is 1.53 bits per heavy atom. The van der Waals surface area contributed by atoms with E-state index in [0.29, 0.717) is 5.92 Å². The van der Waals surface area contributed by atoms with Gasteiger partial charge in [-0.2, -0.15) is 0 Å². The fraction of sp³-hybridized carbons (Fsp3) is 0.667. The Bertz CT molecular complexity index is 286. The molecule has 0 aliphatic heterocycles. The van der Waals surface area contributed by atoms with Gasteiger partial charge >= 0.3 is 0 Å². The van der Waals surface area contributed by atoms with Gasteiger partial charge in [-0.25, -0.2) is 0 Å². The first kappa shape index (κ1) is 11.4. The molecule has 1 heterocycles. The SMILES string of the molecule is OC(c1cccs1)[C@@H]1C[C@@H]1CCCCCl. The first-order valence-corrected chi connectivity index (χ1v) is 7.01. The molecule has 84 valence electrons. The highest BCUT2D eigenvalue weighted by atomic mass is 35.5. The van der Waals surface area contributed by atoms with Crippen molar-refractivity contribution in [2.75, 3.05) is 5.88 Å². The zero-order valence-corrected chi connectivity index (χ0v) is 10.3. The summed E-state index contributed by atoms with van der Waals surface area (Å²) in [6.07, 6.45) is 4.54. The van der Waals surface area contributed by atoms with Gasteiger partial charge in [-0.15, -0.1) is 22.9 Å². The van der Waals surface area contributed by atoms with Crippen LogP contribution in [0.1, 0.15) is 36.7 Å². The Morgan fingerprint density at radius 2 is 2.40 bits per heavy atom. The van der Waals surface area contributed by atoms with Crippen LogP contribution in [0.2, 0.25) is 0 Å². The lowest BCUT2D eigenvalue weighted by Gasteiger charge is -2.07. The van der Waals surface area contributed by atoms with Gasteiger partial charge in [0.1, 0.15) is 0 Å². The lowest BCUT2D eigenvalue weighted by molar-refractivity contribution is 0.149. The summed E-state index contributed by atoms with van der Waals surface area (Å²) in [5.74, 6) is 2.02. The molecule has 1 aromatic rings. The summed E-state index contributed by atoms with van der Waals surface area (Å²) in [6, 6.07) is 4.04. The molecular weight excluding hydrogens is 228 g/mol. The van der Waals surface area contributed by atoms with Crippen LogP contribution in [0.4, 0.5) is 0 Å². The molecule has 0 saturated heterocycles. The second kappa shape index (κ2) is 5.33. The minimum absolute atomic E-state index is 0.217. The van der Waals surface area contributed by atoms with E-state index in [1.165, 1.54) is 19.3 Å². The summed E-state index contributed by atoms with van der Waals surface area (Å²) in [5, 5.41) is 12.1. The number of rotatable bonds is 6. The lowest BCUT2D eigenvalue weighted by atomic mass is 10.1. The maximum absolute atomic E-state index is 10.1. The zero-order valence-electron chi connectivity index (χ0n) is 8.73. The number of aliphatic hydroxyl groups excluding tert-OH is 1. The van der Waals surface area contributed by atoms with Gasteiger partial charge in [0.05, 0.1) is 6.10 Å². The van der Waals surface area contributed by atoms with Crippen molar-refractivity contribution < 1.29 is 5.11 Å². The number of hydrogen-bond acceptors (Lipinski definition) is 2. The molecule has 1 fully saturated rings. The van der Waals surface area contributed by atoms with Crippen molar-refractivity contribution in [1.29, 1.82) is 0 Å². The van der Waals surface area contributed by atoms with E-state index in [9.17, 15) is 5.11 Å². The Balaban J connectivity index is 1.74. The average Bonchev–Trinajstić information content (AvgIpc) is 2.79. The smallest absolute Gasteiger partial charge is 0.0912 e. The topological polar surface area (TPSA) is 20.2 Å². The molecule has 0 aromatic carbocycles. The molecule has 0 bridgehead atoms. The number of thiophene rings is 1. The highest BCUT2D eigenvalue weighted by Gasteiger charge is 2.42. The molecule has 1 unspecified atom stereocenters. The second-order valence-electron chi connectivity index (χ2n) is 4.30. The van der Waals surface area contributed by atoms with Crippen LogP contribution >= 0.6 is 22.9 Å². The van der Waals surface area contributed by atoms with Crippen molar-refractivity contribution in [3.05, 3.63) is 22.4 Å². The molecule has 3 heteroatoms. The summed E-state index contributed by atoms with van der Waals surface area (Å²) < 4.78 is 0. The Morgan fingerprint density at radius 3 is 3.07 bits per heavy atom. The monoisotopic (exact) mass is 244 g/mol. The zero-order chi connectivity index (χ0) is 10.7. The Labute approximate surface area is 100 Å². The normalized spacial score (nSPS) is 26.5. The molecule has 15 heavy (non-hydrogen) atoms. The first-order valence-electron chi connectivity index (χ1n) is 5.60. The minimum atomic E-state index is -0.217. The number of alkyl halides is 1. The third-order valence-corrected chi connectivity index (χ3v) is 4.39. The molecule has 3 atom stereocenters. The molecule has 1 N–H and O–H groups in total. The molecule has 1 aromatic heterocycles. The highest BCUT2D eigenvalue weighted by Crippen LogP contribution is 2.50. The number of halogens is 1. The van der Waals surface area contributed by atoms with Crippen LogP contribution in [0.5, 0.6) is 0 Å². The number of unbranched alkanes of at least 4 members (excludes halogenated alkanes) is 1. The molecule has 2 rings (SSSR count). The van der Waals surface area contributed by atoms with E-state index >= 15 is 0 Å². The predicted molar refractivity (Wildman–Crippen MR) is 65.4 cm³/mol. The van der Waals surface area contributed by atoms with Gasteiger partial charge < -0.3 is 5.11 Å². The summed E-state index contributed by atoms with van der Waals surface area (Å²) in [4.78, 5) is 1.12. The van der Waals surface area contributed by atoms with E-state index < -0.39 is 0 Å². The van der Waals surface area contributed by atoms with Crippen LogP contribution < -0.4 is 0 Å². The predicted octanol–water partition coefficient (Wildman–Crippen LogP) is 3.83. The maximum atomic E-state index is 10.1. The summed E-state index contributed by atoms with van der Waals surface area (Å²) in [7, 11) is 0. The first-order chi connectivity index (χ1) is 7.33. The maximum Gasteiger partial charge on any atom is 0.0912 e. The van der Waals surface area contributed by atoms with Crippen molar-refractivity contribution in [3.8, 4) is 0 Å². The summed E-state index contributed by atoms with van der Waals surface area (Å²) in [6.45, 7) is 0. The highest BCUT2D eigenvalue weighted by molar-refractivity contribution is 7.10. The third kappa shape index (κ3) is 2.96. The molecule has 0 amide bonds. The van der Waals surface area contributed by atoms with Gasteiger partial charge in [0, 0.05) is 10.8 Å². The van der Waals surface area contributed by atoms with Gasteiger partial charge in [-0.05, 0) is 36.1 Å². The molecule has 1 aliphatic carbocycles. The number of aliphatic hydroxyl groups is 1. The van der Waals surface area contributed by atoms with E-state index in [1.807, 2.05) is 17.5 Å². The van der Waals surface area contributed by atoms with Gasteiger partial charge in [-0.1, -0.05) is 18.9 Å². The lowest BCUT2D eigenvalue weighted by Crippen LogP contribution is -1.99. The summed E-state index contributed by atoms with van der Waals surface area (Å²) in [5.41, 5.74) is 0. The van der Waals surface area contributed by atoms with Crippen LogP contribution in [0.25, 0.3) is 0 Å². The van der Waals surface area contributed by atoms with Crippen LogP contribution in [-0.4, -0.2) is 11.0 Å². The van der Waals surface area contributed by atoms with Crippen molar-refractivity contribution in [2.24, 2.45) is 11.8 Å². The second-order valence-corrected chi connectivity index (χ2v) is 5.66. The average molecular weight is 245 g/mol. The van der Waals surface area contributed by atoms with E-state index in [0.717, 1.165) is 23.1 Å². The Kier molecular flexibility index (Phi) is 4.06. The fourth-order valence-electron chi connectivity index (χ4n) is 2.16. The van der Waals surface area contributed by atoms with Crippen molar-refractivity contribution in [1.82, 2.24) is 0 Å². The molecular formula is C12H17ClOS. The largest absolute Gasteiger partial charge is 0.387 e. The van der Waals surface area contributed by atoms with Gasteiger partial charge in [0.15, 0.2) is 0 Å². The van der Waals surface area contributed by atoms with Gasteiger partial charge in [0.2, 0.25) is 0 Å². The van der Waals surface area contributed by atoms with Gasteiger partial charge in [-0.3, -0.25) is 0 Å². The molecule has 0 radical (unpaired) electrons. The van der Waals surface area contributed by atoms with Crippen LogP contribution in [0, 0.1) is 11.8 Å². The van der Waals surface area contributed by atoms with Crippen molar-refractivity contribution in [2.45, 2.75) is 31.8 Å². The van der Waals surface area contributed by atoms with Crippen LogP contribution in [0.15, 0.2) is 17.5 Å². The molecule has 1 nitrogen and oxygen atoms in total. The van der Waals surface area contributed by atoms with Crippen molar-refractivity contribution in [3.63, 3.8) is 0 Å². The number of hydrogen-bond donors (Lipinski definition) is 1. The molecule has 1 aliphatic rings. The van der Waals surface area contributed by atoms with Gasteiger partial charge in [0.25, 0.3) is 0 Å². The van der Waals surface area contributed by atoms with Crippen LogP contribution in [-0.2, 0) is 0 Å². The minimum Gasteiger partial charge on any atom is -0.387 e. The third-order valence-electron chi connectivity index (χ3n) is 3.18. The molecule has 1 saturated carbocycles. The summed E-state index contributed by atoms with van der Waals surface area (Å²) >= 11 is 7.30. The van der Waals surface area contributed by atoms with E-state index in [2.05, 4.69) is 0 Å². The van der Waals surface area contributed by atoms with E-state index in [-0.39, 0.29) is 6.10 Å². The van der Waals surface area contributed by atoms with E-state index in [4.69, 9.17) is 11.6 Å². The fourth-order valence-corrected chi connectivity index (χ4v) is 3.14. The van der Waals surface area contributed by atoms with Crippen LogP contribution in [0.3, 0.4) is 0 Å². The quantitative estimate of drug-likeness (QED) is 0.596.